The van der Waals surface area contributed by atoms with Crippen molar-refractivity contribution in [1.82, 2.24) is 29.5 Å². The van der Waals surface area contributed by atoms with Crippen LogP contribution in [0.3, 0.4) is 0 Å². The number of carbonyl (C=O) groups excluding carboxylic acids is 2. The van der Waals surface area contributed by atoms with Crippen molar-refractivity contribution in [2.75, 3.05) is 26.2 Å². The monoisotopic (exact) mass is 634 g/mol. The van der Waals surface area contributed by atoms with Gasteiger partial charge < -0.3 is 24.9 Å². The van der Waals surface area contributed by atoms with Crippen molar-refractivity contribution in [1.29, 1.82) is 0 Å². The molecular formula is C32H38N6O6S. The number of carbonyl (C=O) groups is 2. The van der Waals surface area contributed by atoms with Crippen LogP contribution in [0.4, 0.5) is 0 Å². The quantitative estimate of drug-likeness (QED) is 0.312. The molecule has 2 aromatic heterocycles. The molecule has 1 atom stereocenters. The van der Waals surface area contributed by atoms with Crippen molar-refractivity contribution in [3.63, 3.8) is 0 Å². The summed E-state index contributed by atoms with van der Waals surface area (Å²) in [6, 6.07) is 12.5. The van der Waals surface area contributed by atoms with Crippen molar-refractivity contribution in [2.45, 2.75) is 51.1 Å². The van der Waals surface area contributed by atoms with Gasteiger partial charge in [-0.2, -0.15) is 4.31 Å². The van der Waals surface area contributed by atoms with Crippen molar-refractivity contribution in [3.05, 3.63) is 76.8 Å². The van der Waals surface area contributed by atoms with E-state index < -0.39 is 28.5 Å². The Hall–Kier alpha value is -4.49. The van der Waals surface area contributed by atoms with Gasteiger partial charge in [0.2, 0.25) is 27.4 Å². The topological polar surface area (TPSA) is 155 Å². The molecular weight excluding hydrogens is 596 g/mol. The van der Waals surface area contributed by atoms with Crippen LogP contribution >= 0.6 is 0 Å². The summed E-state index contributed by atoms with van der Waals surface area (Å²) in [4.78, 5) is 45.7. The summed E-state index contributed by atoms with van der Waals surface area (Å²) < 4.78 is 37.0. The molecule has 3 N–H and O–H groups in total. The standard InChI is InChI=1S/C32H38N6O6S/c1-21(2)16-28-32(41)34-11-14-37-13-10-33-31(37)23-6-4-7-24(18-23)44-15-5-12-38(20-30(40)36-28)45(42,43)25-8-9-27-26(19-25)22(3)17-29(39)35-27/h4,6-10,13,17-19,21,28H,5,11-12,14-16,20H2,1-3H3,(H,34,41)(H,35,39)(H,36,40)/t28-/m1/s1. The largest absolute Gasteiger partial charge is 0.494 e. The van der Waals surface area contributed by atoms with Crippen molar-refractivity contribution >= 4 is 32.7 Å². The van der Waals surface area contributed by atoms with Crippen LogP contribution in [-0.4, -0.2) is 71.4 Å². The van der Waals surface area contributed by atoms with Gasteiger partial charge in [-0.15, -0.1) is 0 Å². The normalized spacial score (nSPS) is 17.6. The van der Waals surface area contributed by atoms with Gasteiger partial charge in [0.15, 0.2) is 0 Å². The molecule has 1 aliphatic heterocycles. The van der Waals surface area contributed by atoms with E-state index in [-0.39, 0.29) is 35.4 Å². The molecule has 4 aromatic rings. The first-order valence-electron chi connectivity index (χ1n) is 15.0. The Morgan fingerprint density at radius 1 is 1.07 bits per heavy atom. The summed E-state index contributed by atoms with van der Waals surface area (Å²) >= 11 is 0. The van der Waals surface area contributed by atoms with Gasteiger partial charge in [-0.05, 0) is 61.6 Å². The number of nitrogens with one attached hydrogen (secondary N) is 3. The number of imidazole rings is 1. The second kappa shape index (κ2) is 13.7. The molecule has 0 radical (unpaired) electrons. The Balaban J connectivity index is 1.46. The highest BCUT2D eigenvalue weighted by Gasteiger charge is 2.29. The maximum atomic E-state index is 14.0. The SMILES string of the molecule is Cc1cc(=O)[nH]c2ccc(S(=O)(=O)N3CCCOc4cccc(c4)-c4nccn4CCNC(=O)[C@@H](CC(C)C)NC(=O)C3)cc12. The number of pyridine rings is 1. The first kappa shape index (κ1) is 31.9. The molecule has 0 fully saturated rings. The third-order valence-electron chi connectivity index (χ3n) is 7.62. The number of ether oxygens (including phenoxy) is 1. The van der Waals surface area contributed by atoms with E-state index in [0.29, 0.717) is 48.1 Å². The van der Waals surface area contributed by atoms with Crippen LogP contribution in [0.1, 0.15) is 32.3 Å². The molecule has 45 heavy (non-hydrogen) atoms. The lowest BCUT2D eigenvalue weighted by molar-refractivity contribution is -0.129. The van der Waals surface area contributed by atoms with Gasteiger partial charge in [0.25, 0.3) is 0 Å². The van der Waals surface area contributed by atoms with Gasteiger partial charge >= 0.3 is 0 Å². The number of nitrogens with zero attached hydrogens (tertiary/aromatic N) is 3. The van der Waals surface area contributed by atoms with E-state index in [2.05, 4.69) is 20.6 Å². The van der Waals surface area contributed by atoms with Crippen molar-refractivity contribution in [3.8, 4) is 17.1 Å². The number of fused-ring (bicyclic) bond motifs is 5. The maximum absolute atomic E-state index is 14.0. The van der Waals surface area contributed by atoms with Gasteiger partial charge in [-0.1, -0.05) is 26.0 Å². The summed E-state index contributed by atoms with van der Waals surface area (Å²) in [5.41, 5.74) is 1.70. The lowest BCUT2D eigenvalue weighted by Crippen LogP contribution is -2.51. The van der Waals surface area contributed by atoms with Gasteiger partial charge in [0.05, 0.1) is 18.0 Å². The number of aromatic amines is 1. The first-order valence-corrected chi connectivity index (χ1v) is 16.4. The molecule has 0 unspecified atom stereocenters. The van der Waals surface area contributed by atoms with E-state index in [1.807, 2.05) is 48.9 Å². The third kappa shape index (κ3) is 7.60. The van der Waals surface area contributed by atoms with Crippen LogP contribution in [0.15, 0.2) is 70.6 Å². The zero-order chi connectivity index (χ0) is 32.1. The smallest absolute Gasteiger partial charge is 0.248 e. The van der Waals surface area contributed by atoms with Gasteiger partial charge in [-0.25, -0.2) is 13.4 Å². The number of aryl methyl sites for hydroxylation is 1. The van der Waals surface area contributed by atoms with E-state index >= 15 is 0 Å². The second-order valence-corrected chi connectivity index (χ2v) is 13.5. The molecule has 0 spiro atoms. The number of sulfonamides is 1. The molecule has 238 valence electrons. The Morgan fingerprint density at radius 3 is 2.69 bits per heavy atom. The summed E-state index contributed by atoms with van der Waals surface area (Å²) in [6.07, 6.45) is 4.21. The molecule has 2 amide bonds. The molecule has 0 saturated heterocycles. The Kier molecular flexibility index (Phi) is 9.68. The number of hydrogen-bond donors (Lipinski definition) is 3. The van der Waals surface area contributed by atoms with E-state index in [1.54, 1.807) is 19.2 Å². The number of hydrogen-bond acceptors (Lipinski definition) is 7. The van der Waals surface area contributed by atoms with Crippen LogP contribution in [-0.2, 0) is 26.2 Å². The minimum absolute atomic E-state index is 0.0104. The lowest BCUT2D eigenvalue weighted by atomic mass is 10.0. The minimum atomic E-state index is -4.16. The Bertz CT molecular complexity index is 1870. The molecule has 0 aliphatic carbocycles. The maximum Gasteiger partial charge on any atom is 0.248 e. The predicted molar refractivity (Wildman–Crippen MR) is 170 cm³/mol. The average molecular weight is 635 g/mol. The third-order valence-corrected chi connectivity index (χ3v) is 9.46. The molecule has 0 saturated carbocycles. The van der Waals surface area contributed by atoms with Gasteiger partial charge in [0.1, 0.15) is 17.6 Å². The van der Waals surface area contributed by atoms with Crippen molar-refractivity contribution in [2.24, 2.45) is 5.92 Å². The van der Waals surface area contributed by atoms with E-state index in [1.165, 1.54) is 18.2 Å². The van der Waals surface area contributed by atoms with Crippen molar-refractivity contribution < 1.29 is 22.7 Å². The highest BCUT2D eigenvalue weighted by atomic mass is 32.2. The fourth-order valence-electron chi connectivity index (χ4n) is 5.43. The summed E-state index contributed by atoms with van der Waals surface area (Å²) in [6.45, 7) is 6.09. The molecule has 5 rings (SSSR count). The fourth-order valence-corrected chi connectivity index (χ4v) is 6.89. The molecule has 13 heteroatoms. The fraction of sp³-hybridized carbons (Fsp3) is 0.375. The molecule has 2 bridgehead atoms. The summed E-state index contributed by atoms with van der Waals surface area (Å²) in [5.74, 6) is 0.473. The van der Waals surface area contributed by atoms with Crippen LogP contribution in [0.2, 0.25) is 0 Å². The predicted octanol–water partition coefficient (Wildman–Crippen LogP) is 2.82. The summed E-state index contributed by atoms with van der Waals surface area (Å²) in [5, 5.41) is 6.26. The zero-order valence-corrected chi connectivity index (χ0v) is 26.4. The van der Waals surface area contributed by atoms with Crippen LogP contribution < -0.4 is 20.9 Å². The summed E-state index contributed by atoms with van der Waals surface area (Å²) in [7, 11) is -4.16. The number of amides is 2. The zero-order valence-electron chi connectivity index (χ0n) is 25.6. The number of H-pyrrole nitrogens is 1. The van der Waals surface area contributed by atoms with Crippen LogP contribution in [0.25, 0.3) is 22.3 Å². The van der Waals surface area contributed by atoms with Gasteiger partial charge in [-0.3, -0.25) is 14.4 Å². The van der Waals surface area contributed by atoms with Gasteiger partial charge in [0, 0.05) is 54.6 Å². The Morgan fingerprint density at radius 2 is 1.89 bits per heavy atom. The molecule has 12 nitrogen and oxygen atoms in total. The van der Waals surface area contributed by atoms with Crippen LogP contribution in [0, 0.1) is 12.8 Å². The Labute approximate surface area is 261 Å². The highest BCUT2D eigenvalue weighted by Crippen LogP contribution is 2.25. The molecule has 2 aromatic carbocycles. The minimum Gasteiger partial charge on any atom is -0.494 e. The second-order valence-electron chi connectivity index (χ2n) is 11.6. The highest BCUT2D eigenvalue weighted by molar-refractivity contribution is 7.89. The lowest BCUT2D eigenvalue weighted by Gasteiger charge is -2.25. The molecule has 3 heterocycles. The average Bonchev–Trinajstić information content (AvgIpc) is 3.46. The van der Waals surface area contributed by atoms with E-state index in [9.17, 15) is 22.8 Å². The number of rotatable bonds is 4. The first-order chi connectivity index (χ1) is 21.5. The van der Waals surface area contributed by atoms with Crippen LogP contribution in [0.5, 0.6) is 5.75 Å². The number of benzene rings is 2. The number of aromatic nitrogens is 3. The van der Waals surface area contributed by atoms with E-state index in [0.717, 1.165) is 15.7 Å². The molecule has 1 aliphatic rings. The van der Waals surface area contributed by atoms with E-state index in [4.69, 9.17) is 4.74 Å².